The fourth-order valence-electron chi connectivity index (χ4n) is 1.27. The van der Waals surface area contributed by atoms with Crippen LogP contribution in [0.3, 0.4) is 0 Å². The van der Waals surface area contributed by atoms with Crippen LogP contribution in [0.4, 0.5) is 0 Å². The number of carbonyl (C=O) groups excluding carboxylic acids is 1. The summed E-state index contributed by atoms with van der Waals surface area (Å²) < 4.78 is 4.43. The number of carbonyl (C=O) groups is 1. The van der Waals surface area contributed by atoms with Gasteiger partial charge in [0.2, 0.25) is 0 Å². The summed E-state index contributed by atoms with van der Waals surface area (Å²) in [5, 5.41) is 27.5. The molecule has 88 valence electrons. The second-order valence-electron chi connectivity index (χ2n) is 3.32. The van der Waals surface area contributed by atoms with Gasteiger partial charge in [-0.15, -0.1) is 0 Å². The van der Waals surface area contributed by atoms with Crippen LogP contribution in [0.1, 0.15) is 5.56 Å². The molecule has 0 heterocycles. The molecule has 0 aliphatic heterocycles. The second kappa shape index (κ2) is 4.71. The van der Waals surface area contributed by atoms with Gasteiger partial charge in [-0.1, -0.05) is 0 Å². The Morgan fingerprint density at radius 2 is 1.88 bits per heavy atom. The number of benzene rings is 1. The van der Waals surface area contributed by atoms with E-state index in [0.717, 1.165) is 0 Å². The van der Waals surface area contributed by atoms with Gasteiger partial charge in [0.25, 0.3) is 0 Å². The van der Waals surface area contributed by atoms with E-state index in [9.17, 15) is 15.0 Å². The zero-order chi connectivity index (χ0) is 12.3. The van der Waals surface area contributed by atoms with Crippen molar-refractivity contribution in [1.29, 1.82) is 0 Å². The number of nitrogens with two attached hydrogens (primary N) is 1. The second-order valence-corrected chi connectivity index (χ2v) is 3.32. The normalized spacial score (nSPS) is 12.1. The molecule has 1 rings (SSSR count). The Bertz CT molecular complexity index is 381. The van der Waals surface area contributed by atoms with Crippen molar-refractivity contribution in [1.82, 2.24) is 0 Å². The Balaban J connectivity index is 2.86. The lowest BCUT2D eigenvalue weighted by Crippen LogP contribution is -2.33. The Labute approximate surface area is 91.9 Å². The summed E-state index contributed by atoms with van der Waals surface area (Å²) in [6, 6.07) is 1.56. The summed E-state index contributed by atoms with van der Waals surface area (Å²) in [4.78, 5) is 11.0. The van der Waals surface area contributed by atoms with Gasteiger partial charge in [-0.25, -0.2) is 0 Å². The molecular weight excluding hydrogens is 214 g/mol. The molecule has 0 saturated carbocycles. The van der Waals surface area contributed by atoms with E-state index in [1.807, 2.05) is 0 Å². The van der Waals surface area contributed by atoms with E-state index >= 15 is 0 Å². The number of ether oxygens (including phenoxy) is 1. The Hall–Kier alpha value is -1.95. The first-order valence-corrected chi connectivity index (χ1v) is 4.53. The maximum Gasteiger partial charge on any atom is 0.322 e. The fourth-order valence-corrected chi connectivity index (χ4v) is 1.27. The quantitative estimate of drug-likeness (QED) is 0.422. The van der Waals surface area contributed by atoms with E-state index in [4.69, 9.17) is 10.8 Å². The van der Waals surface area contributed by atoms with Gasteiger partial charge in [-0.3, -0.25) is 4.79 Å². The molecular formula is C10H13NO5. The first-order chi connectivity index (χ1) is 7.45. The van der Waals surface area contributed by atoms with Gasteiger partial charge in [-0.2, -0.15) is 0 Å². The Morgan fingerprint density at radius 1 is 1.38 bits per heavy atom. The van der Waals surface area contributed by atoms with Crippen molar-refractivity contribution >= 4 is 5.97 Å². The predicted molar refractivity (Wildman–Crippen MR) is 55.1 cm³/mol. The third kappa shape index (κ3) is 2.54. The van der Waals surface area contributed by atoms with Gasteiger partial charge in [-0.05, 0) is 24.1 Å². The number of phenols is 3. The number of hydrogen-bond donors (Lipinski definition) is 4. The predicted octanol–water partition coefficient (Wildman–Crippen LogP) is -0.154. The van der Waals surface area contributed by atoms with E-state index in [1.165, 1.54) is 19.2 Å². The Morgan fingerprint density at radius 3 is 2.31 bits per heavy atom. The van der Waals surface area contributed by atoms with Crippen molar-refractivity contribution in [3.05, 3.63) is 17.7 Å². The highest BCUT2D eigenvalue weighted by Gasteiger charge is 2.16. The maximum absolute atomic E-state index is 11.0. The summed E-state index contributed by atoms with van der Waals surface area (Å²) in [7, 11) is 1.22. The summed E-state index contributed by atoms with van der Waals surface area (Å²) in [5.41, 5.74) is 5.92. The third-order valence-electron chi connectivity index (χ3n) is 2.09. The number of aromatic hydroxyl groups is 3. The zero-order valence-corrected chi connectivity index (χ0v) is 8.67. The molecule has 0 aliphatic carbocycles. The van der Waals surface area contributed by atoms with Gasteiger partial charge in [0.1, 0.15) is 6.04 Å². The van der Waals surface area contributed by atoms with E-state index < -0.39 is 29.3 Å². The molecule has 5 N–H and O–H groups in total. The standard InChI is InChI=1S/C10H13NO5/c1-16-10(15)6(11)2-5-3-7(12)9(14)8(13)4-5/h3-4,6,12-14H,2,11H2,1H3/t6-/m0/s1. The van der Waals surface area contributed by atoms with E-state index in [1.54, 1.807) is 0 Å². The molecule has 6 nitrogen and oxygen atoms in total. The molecule has 0 unspecified atom stereocenters. The molecule has 0 bridgehead atoms. The lowest BCUT2D eigenvalue weighted by Gasteiger charge is -2.10. The number of methoxy groups -OCH3 is 1. The smallest absolute Gasteiger partial charge is 0.322 e. The molecule has 1 atom stereocenters. The van der Waals surface area contributed by atoms with E-state index in [-0.39, 0.29) is 6.42 Å². The van der Waals surface area contributed by atoms with Crippen LogP contribution in [0.5, 0.6) is 17.2 Å². The first-order valence-electron chi connectivity index (χ1n) is 4.53. The topological polar surface area (TPSA) is 113 Å². The molecule has 0 aromatic heterocycles. The van der Waals surface area contributed by atoms with Crippen molar-refractivity contribution < 1.29 is 24.9 Å². The van der Waals surface area contributed by atoms with E-state index in [2.05, 4.69) is 4.74 Å². The largest absolute Gasteiger partial charge is 0.504 e. The van der Waals surface area contributed by atoms with Crippen LogP contribution >= 0.6 is 0 Å². The number of rotatable bonds is 3. The van der Waals surface area contributed by atoms with Crippen molar-refractivity contribution in [3.8, 4) is 17.2 Å². The molecule has 0 aliphatic rings. The van der Waals surface area contributed by atoms with Crippen LogP contribution < -0.4 is 5.73 Å². The molecule has 6 heteroatoms. The van der Waals surface area contributed by atoms with Gasteiger partial charge in [0.15, 0.2) is 17.2 Å². The molecule has 16 heavy (non-hydrogen) atoms. The SMILES string of the molecule is COC(=O)[C@@H](N)Cc1cc(O)c(O)c(O)c1. The summed E-state index contributed by atoms with van der Waals surface area (Å²) in [6.07, 6.45) is 0.0913. The van der Waals surface area contributed by atoms with Crippen molar-refractivity contribution in [2.24, 2.45) is 5.73 Å². The minimum atomic E-state index is -0.881. The zero-order valence-electron chi connectivity index (χ0n) is 8.67. The van der Waals surface area contributed by atoms with Gasteiger partial charge >= 0.3 is 5.97 Å². The Kier molecular flexibility index (Phi) is 3.57. The summed E-state index contributed by atoms with van der Waals surface area (Å²) in [5.74, 6) is -2.12. The average molecular weight is 227 g/mol. The highest BCUT2D eigenvalue weighted by Crippen LogP contribution is 2.35. The molecule has 1 aromatic rings. The van der Waals surface area contributed by atoms with Crippen LogP contribution in [-0.2, 0) is 16.0 Å². The highest BCUT2D eigenvalue weighted by molar-refractivity contribution is 5.75. The van der Waals surface area contributed by atoms with Gasteiger partial charge in [0.05, 0.1) is 7.11 Å². The molecule has 0 spiro atoms. The first kappa shape index (κ1) is 12.1. The minimum absolute atomic E-state index is 0.0913. The minimum Gasteiger partial charge on any atom is -0.504 e. The molecule has 0 saturated heterocycles. The van der Waals surface area contributed by atoms with E-state index in [0.29, 0.717) is 5.56 Å². The van der Waals surface area contributed by atoms with Gasteiger partial charge < -0.3 is 25.8 Å². The fraction of sp³-hybridized carbons (Fsp3) is 0.300. The van der Waals surface area contributed by atoms with Gasteiger partial charge in [0, 0.05) is 0 Å². The number of hydrogen-bond acceptors (Lipinski definition) is 6. The van der Waals surface area contributed by atoms with Crippen LogP contribution in [0.2, 0.25) is 0 Å². The highest BCUT2D eigenvalue weighted by atomic mass is 16.5. The molecule has 0 fully saturated rings. The van der Waals surface area contributed by atoms with Crippen molar-refractivity contribution in [3.63, 3.8) is 0 Å². The van der Waals surface area contributed by atoms with Crippen LogP contribution in [0.25, 0.3) is 0 Å². The van der Waals surface area contributed by atoms with Crippen molar-refractivity contribution in [2.75, 3.05) is 7.11 Å². The number of esters is 1. The van der Waals surface area contributed by atoms with Crippen molar-refractivity contribution in [2.45, 2.75) is 12.5 Å². The molecule has 1 aromatic carbocycles. The maximum atomic E-state index is 11.0. The monoisotopic (exact) mass is 227 g/mol. The summed E-state index contributed by atoms with van der Waals surface area (Å²) >= 11 is 0. The molecule has 0 amide bonds. The summed E-state index contributed by atoms with van der Waals surface area (Å²) in [6.45, 7) is 0. The molecule has 0 radical (unpaired) electrons. The average Bonchev–Trinajstić information content (AvgIpc) is 2.24. The van der Waals surface area contributed by atoms with Crippen LogP contribution in [0, 0.1) is 0 Å². The lowest BCUT2D eigenvalue weighted by molar-refractivity contribution is -0.142. The van der Waals surface area contributed by atoms with Crippen LogP contribution in [0.15, 0.2) is 12.1 Å². The van der Waals surface area contributed by atoms with Crippen LogP contribution in [-0.4, -0.2) is 34.4 Å². The number of phenolic OH excluding ortho intramolecular Hbond substituents is 3. The third-order valence-corrected chi connectivity index (χ3v) is 2.09. The lowest BCUT2D eigenvalue weighted by atomic mass is 10.1.